The van der Waals surface area contributed by atoms with Crippen LogP contribution in [-0.2, 0) is 14.8 Å². The molecule has 1 atom stereocenters. The first-order chi connectivity index (χ1) is 8.75. The summed E-state index contributed by atoms with van der Waals surface area (Å²) in [6.45, 7) is 4.66. The quantitative estimate of drug-likeness (QED) is 0.676. The molecule has 0 aliphatic heterocycles. The average molecular weight is 287 g/mol. The van der Waals surface area contributed by atoms with Crippen LogP contribution in [0.1, 0.15) is 13.8 Å². The molecule has 0 spiro atoms. The van der Waals surface area contributed by atoms with E-state index in [1.165, 1.54) is 12.1 Å². The molecule has 0 aromatic heterocycles. The highest BCUT2D eigenvalue weighted by Crippen LogP contribution is 2.24. The number of nitrogen functional groups attached to an aromatic ring is 1. The number of anilines is 2. The lowest BCUT2D eigenvalue weighted by Crippen LogP contribution is -2.30. The van der Waals surface area contributed by atoms with E-state index in [0.717, 1.165) is 0 Å². The lowest BCUT2D eigenvalue weighted by molar-refractivity contribution is 0.171. The fourth-order valence-electron chi connectivity index (χ4n) is 1.63. The molecule has 19 heavy (non-hydrogen) atoms. The zero-order chi connectivity index (χ0) is 14.6. The Balaban J connectivity index is 2.97. The van der Waals surface area contributed by atoms with Gasteiger partial charge in [-0.2, -0.15) is 0 Å². The zero-order valence-corrected chi connectivity index (χ0v) is 12.2. The number of nitrogens with one attached hydrogen (secondary N) is 1. The minimum absolute atomic E-state index is 0.00314. The minimum Gasteiger partial charge on any atom is -0.397 e. The van der Waals surface area contributed by atoms with Gasteiger partial charge in [-0.3, -0.25) is 0 Å². The van der Waals surface area contributed by atoms with Gasteiger partial charge in [0.05, 0.1) is 28.9 Å². The van der Waals surface area contributed by atoms with Crippen LogP contribution >= 0.6 is 0 Å². The van der Waals surface area contributed by atoms with E-state index in [1.807, 2.05) is 0 Å². The molecular weight excluding hydrogens is 266 g/mol. The normalized spacial score (nSPS) is 13.5. The number of nitrogens with two attached hydrogens (primary N) is 2. The van der Waals surface area contributed by atoms with Crippen LogP contribution in [0.25, 0.3) is 0 Å². The summed E-state index contributed by atoms with van der Waals surface area (Å²) in [5.74, 6) is 0.345. The van der Waals surface area contributed by atoms with E-state index in [1.54, 1.807) is 13.2 Å². The van der Waals surface area contributed by atoms with Crippen LogP contribution in [0.15, 0.2) is 23.1 Å². The van der Waals surface area contributed by atoms with Crippen molar-refractivity contribution in [3.8, 4) is 0 Å². The summed E-state index contributed by atoms with van der Waals surface area (Å²) in [6.07, 6.45) is 0. The van der Waals surface area contributed by atoms with Gasteiger partial charge in [-0.1, -0.05) is 13.8 Å². The summed E-state index contributed by atoms with van der Waals surface area (Å²) in [4.78, 5) is 0.00314. The van der Waals surface area contributed by atoms with Crippen molar-refractivity contribution in [2.24, 2.45) is 11.1 Å². The Morgan fingerprint density at radius 3 is 2.42 bits per heavy atom. The fraction of sp³-hybridized carbons (Fsp3) is 0.500. The van der Waals surface area contributed by atoms with Crippen molar-refractivity contribution < 1.29 is 13.2 Å². The number of hydrogen-bond acceptors (Lipinski definition) is 5. The minimum atomic E-state index is -3.73. The first-order valence-electron chi connectivity index (χ1n) is 5.93. The fourth-order valence-corrected chi connectivity index (χ4v) is 2.18. The van der Waals surface area contributed by atoms with Crippen LogP contribution in [0, 0.1) is 5.92 Å². The molecule has 0 aliphatic rings. The van der Waals surface area contributed by atoms with Gasteiger partial charge in [0.15, 0.2) is 0 Å². The molecule has 6 nitrogen and oxygen atoms in total. The van der Waals surface area contributed by atoms with Crippen LogP contribution in [0.4, 0.5) is 11.4 Å². The Hall–Kier alpha value is -1.31. The molecule has 7 heteroatoms. The van der Waals surface area contributed by atoms with Gasteiger partial charge in [0.25, 0.3) is 0 Å². The Morgan fingerprint density at radius 1 is 1.37 bits per heavy atom. The van der Waals surface area contributed by atoms with Gasteiger partial charge in [-0.15, -0.1) is 0 Å². The Morgan fingerprint density at radius 2 is 2.00 bits per heavy atom. The first kappa shape index (κ1) is 15.7. The SMILES string of the molecule is COCC(Nc1ccc(S(N)(=O)=O)cc1N)C(C)C. The van der Waals surface area contributed by atoms with Gasteiger partial charge in [-0.05, 0) is 24.1 Å². The zero-order valence-electron chi connectivity index (χ0n) is 11.4. The summed E-state index contributed by atoms with van der Waals surface area (Å²) in [6, 6.07) is 4.48. The molecule has 0 saturated carbocycles. The number of benzene rings is 1. The number of hydrogen-bond donors (Lipinski definition) is 3. The van der Waals surface area contributed by atoms with Gasteiger partial charge >= 0.3 is 0 Å². The number of primary sulfonamides is 1. The second-order valence-electron chi connectivity index (χ2n) is 4.74. The first-order valence-corrected chi connectivity index (χ1v) is 7.48. The molecule has 1 aromatic carbocycles. The van der Waals surface area contributed by atoms with E-state index in [9.17, 15) is 8.42 Å². The van der Waals surface area contributed by atoms with Crippen molar-refractivity contribution in [3.63, 3.8) is 0 Å². The molecule has 108 valence electrons. The van der Waals surface area contributed by atoms with Crippen molar-refractivity contribution in [3.05, 3.63) is 18.2 Å². The molecule has 0 radical (unpaired) electrons. The summed E-state index contributed by atoms with van der Waals surface area (Å²) in [5.41, 5.74) is 6.85. The predicted molar refractivity (Wildman–Crippen MR) is 76.4 cm³/mol. The van der Waals surface area contributed by atoms with Gasteiger partial charge in [0.1, 0.15) is 0 Å². The summed E-state index contributed by atoms with van der Waals surface area (Å²) < 4.78 is 27.6. The molecular formula is C12H21N3O3S. The maximum absolute atomic E-state index is 11.2. The Labute approximate surface area is 114 Å². The summed E-state index contributed by atoms with van der Waals surface area (Å²) in [7, 11) is -2.10. The van der Waals surface area contributed by atoms with Crippen molar-refractivity contribution in [2.45, 2.75) is 24.8 Å². The van der Waals surface area contributed by atoms with E-state index in [0.29, 0.717) is 23.9 Å². The molecule has 0 aliphatic carbocycles. The van der Waals surface area contributed by atoms with Crippen LogP contribution in [0.3, 0.4) is 0 Å². The average Bonchev–Trinajstić information content (AvgIpc) is 2.29. The van der Waals surface area contributed by atoms with Crippen LogP contribution in [-0.4, -0.2) is 28.2 Å². The molecule has 0 saturated heterocycles. The van der Waals surface area contributed by atoms with Crippen LogP contribution in [0.5, 0.6) is 0 Å². The molecule has 1 unspecified atom stereocenters. The van der Waals surface area contributed by atoms with Crippen molar-refractivity contribution in [2.75, 3.05) is 24.8 Å². The second-order valence-corrected chi connectivity index (χ2v) is 6.31. The van der Waals surface area contributed by atoms with Crippen molar-refractivity contribution >= 4 is 21.4 Å². The summed E-state index contributed by atoms with van der Waals surface area (Å²) >= 11 is 0. The third-order valence-electron chi connectivity index (χ3n) is 2.84. The maximum atomic E-state index is 11.2. The van der Waals surface area contributed by atoms with E-state index < -0.39 is 10.0 Å². The number of sulfonamides is 1. The maximum Gasteiger partial charge on any atom is 0.238 e. The number of rotatable bonds is 6. The molecule has 5 N–H and O–H groups in total. The standard InChI is InChI=1S/C12H21N3O3S/c1-8(2)12(7-18-3)15-11-5-4-9(6-10(11)13)19(14,16)17/h4-6,8,12,15H,7,13H2,1-3H3,(H2,14,16,17). The van der Waals surface area contributed by atoms with Gasteiger partial charge < -0.3 is 15.8 Å². The molecule has 0 heterocycles. The van der Waals surface area contributed by atoms with Gasteiger partial charge in [0.2, 0.25) is 10.0 Å². The highest BCUT2D eigenvalue weighted by molar-refractivity contribution is 7.89. The van der Waals surface area contributed by atoms with Crippen molar-refractivity contribution in [1.82, 2.24) is 0 Å². The smallest absolute Gasteiger partial charge is 0.238 e. The predicted octanol–water partition coefficient (Wildman–Crippen LogP) is 0.999. The Bertz CT molecular complexity index is 529. The third kappa shape index (κ3) is 4.38. The topological polar surface area (TPSA) is 107 Å². The molecule has 0 fully saturated rings. The molecule has 0 amide bonds. The highest BCUT2D eigenvalue weighted by atomic mass is 32.2. The van der Waals surface area contributed by atoms with Crippen LogP contribution < -0.4 is 16.2 Å². The second kappa shape index (κ2) is 6.23. The molecule has 0 bridgehead atoms. The van der Waals surface area contributed by atoms with E-state index in [2.05, 4.69) is 19.2 Å². The van der Waals surface area contributed by atoms with E-state index in [-0.39, 0.29) is 10.9 Å². The van der Waals surface area contributed by atoms with Gasteiger partial charge in [0, 0.05) is 7.11 Å². The van der Waals surface area contributed by atoms with Crippen LogP contribution in [0.2, 0.25) is 0 Å². The monoisotopic (exact) mass is 287 g/mol. The third-order valence-corrected chi connectivity index (χ3v) is 3.75. The lowest BCUT2D eigenvalue weighted by atomic mass is 10.0. The van der Waals surface area contributed by atoms with Crippen molar-refractivity contribution in [1.29, 1.82) is 0 Å². The largest absolute Gasteiger partial charge is 0.397 e. The number of methoxy groups -OCH3 is 1. The molecule has 1 aromatic rings. The van der Waals surface area contributed by atoms with Gasteiger partial charge in [-0.25, -0.2) is 13.6 Å². The van der Waals surface area contributed by atoms with E-state index in [4.69, 9.17) is 15.6 Å². The number of ether oxygens (including phenoxy) is 1. The Kier molecular flexibility index (Phi) is 5.16. The van der Waals surface area contributed by atoms with E-state index >= 15 is 0 Å². The lowest BCUT2D eigenvalue weighted by Gasteiger charge is -2.23. The highest BCUT2D eigenvalue weighted by Gasteiger charge is 2.15. The summed E-state index contributed by atoms with van der Waals surface area (Å²) in [5, 5.41) is 8.29. The molecule has 1 rings (SSSR count).